The maximum atomic E-state index is 12.4. The first kappa shape index (κ1) is 13.6. The van der Waals surface area contributed by atoms with Crippen LogP contribution < -0.4 is 10.6 Å². The standard InChI is InChI=1S/C17H24N2O/c1-12-3-2-4-16(8-5-12)19-17(20)13-6-7-14-10-18-11-15(14)9-13/h6-7,9,12,16,18H,2-5,8,10-11H2,1H3,(H,19,20). The second kappa shape index (κ2) is 5.96. The van der Waals surface area contributed by atoms with Crippen molar-refractivity contribution in [1.29, 1.82) is 0 Å². The molecule has 3 heteroatoms. The third-order valence-electron chi connectivity index (χ3n) is 4.69. The number of hydrogen-bond donors (Lipinski definition) is 2. The van der Waals surface area contributed by atoms with E-state index in [-0.39, 0.29) is 5.91 Å². The van der Waals surface area contributed by atoms with E-state index in [9.17, 15) is 4.79 Å². The highest BCUT2D eigenvalue weighted by Crippen LogP contribution is 2.23. The number of nitrogens with one attached hydrogen (secondary N) is 2. The summed E-state index contributed by atoms with van der Waals surface area (Å²) in [6.45, 7) is 4.13. The van der Waals surface area contributed by atoms with Crippen molar-refractivity contribution in [3.05, 3.63) is 34.9 Å². The zero-order chi connectivity index (χ0) is 13.9. The molecule has 2 atom stereocenters. The molecule has 1 aliphatic carbocycles. The molecule has 0 spiro atoms. The Morgan fingerprint density at radius 2 is 2.00 bits per heavy atom. The van der Waals surface area contributed by atoms with Crippen LogP contribution in [0.25, 0.3) is 0 Å². The van der Waals surface area contributed by atoms with Gasteiger partial charge in [0.2, 0.25) is 0 Å². The fraction of sp³-hybridized carbons (Fsp3) is 0.588. The van der Waals surface area contributed by atoms with Gasteiger partial charge in [-0.1, -0.05) is 25.8 Å². The molecule has 0 saturated heterocycles. The summed E-state index contributed by atoms with van der Waals surface area (Å²) in [5.41, 5.74) is 3.40. The van der Waals surface area contributed by atoms with Crippen LogP contribution in [0.2, 0.25) is 0 Å². The first-order chi connectivity index (χ1) is 9.72. The highest BCUT2D eigenvalue weighted by Gasteiger charge is 2.19. The van der Waals surface area contributed by atoms with Gasteiger partial charge in [0.05, 0.1) is 0 Å². The van der Waals surface area contributed by atoms with Gasteiger partial charge in [-0.25, -0.2) is 0 Å². The third kappa shape index (κ3) is 3.04. The van der Waals surface area contributed by atoms with Gasteiger partial charge in [-0.05, 0) is 48.4 Å². The molecule has 1 heterocycles. The van der Waals surface area contributed by atoms with Crippen LogP contribution in [0, 0.1) is 5.92 Å². The minimum atomic E-state index is 0.0965. The van der Waals surface area contributed by atoms with Gasteiger partial charge in [0, 0.05) is 24.7 Å². The summed E-state index contributed by atoms with van der Waals surface area (Å²) in [5, 5.41) is 6.54. The normalized spacial score (nSPS) is 25.9. The van der Waals surface area contributed by atoms with Crippen molar-refractivity contribution in [3.63, 3.8) is 0 Å². The Labute approximate surface area is 121 Å². The molecule has 0 radical (unpaired) electrons. The predicted octanol–water partition coefficient (Wildman–Crippen LogP) is 2.99. The molecule has 20 heavy (non-hydrogen) atoms. The van der Waals surface area contributed by atoms with Crippen molar-refractivity contribution in [1.82, 2.24) is 10.6 Å². The highest BCUT2D eigenvalue weighted by molar-refractivity contribution is 5.94. The molecule has 1 aromatic rings. The van der Waals surface area contributed by atoms with Crippen LogP contribution in [-0.2, 0) is 13.1 Å². The lowest BCUT2D eigenvalue weighted by molar-refractivity contribution is 0.0933. The van der Waals surface area contributed by atoms with Crippen LogP contribution in [-0.4, -0.2) is 11.9 Å². The first-order valence-electron chi connectivity index (χ1n) is 7.86. The zero-order valence-electron chi connectivity index (χ0n) is 12.2. The van der Waals surface area contributed by atoms with Crippen molar-refractivity contribution in [2.45, 2.75) is 58.2 Å². The molecule has 2 aliphatic rings. The number of fused-ring (bicyclic) bond motifs is 1. The fourth-order valence-electron chi connectivity index (χ4n) is 3.34. The van der Waals surface area contributed by atoms with E-state index in [1.807, 2.05) is 12.1 Å². The van der Waals surface area contributed by atoms with Crippen LogP contribution in [0.3, 0.4) is 0 Å². The van der Waals surface area contributed by atoms with E-state index in [1.165, 1.54) is 30.4 Å². The third-order valence-corrected chi connectivity index (χ3v) is 4.69. The summed E-state index contributed by atoms with van der Waals surface area (Å²) < 4.78 is 0. The molecule has 3 rings (SSSR count). The average Bonchev–Trinajstić information content (AvgIpc) is 2.82. The van der Waals surface area contributed by atoms with Crippen molar-refractivity contribution in [3.8, 4) is 0 Å². The summed E-state index contributed by atoms with van der Waals surface area (Å²) in [7, 11) is 0. The monoisotopic (exact) mass is 272 g/mol. The van der Waals surface area contributed by atoms with Gasteiger partial charge in [0.25, 0.3) is 5.91 Å². The molecule has 0 aromatic heterocycles. The summed E-state index contributed by atoms with van der Waals surface area (Å²) >= 11 is 0. The number of carbonyl (C=O) groups is 1. The van der Waals surface area contributed by atoms with Crippen LogP contribution in [0.4, 0.5) is 0 Å². The van der Waals surface area contributed by atoms with Crippen LogP contribution >= 0.6 is 0 Å². The predicted molar refractivity (Wildman–Crippen MR) is 80.5 cm³/mol. The second-order valence-electron chi connectivity index (χ2n) is 6.37. The minimum absolute atomic E-state index is 0.0965. The molecule has 3 nitrogen and oxygen atoms in total. The maximum absolute atomic E-state index is 12.4. The Kier molecular flexibility index (Phi) is 4.06. The smallest absolute Gasteiger partial charge is 0.251 e. The molecule has 1 saturated carbocycles. The minimum Gasteiger partial charge on any atom is -0.349 e. The molecule has 1 aromatic carbocycles. The quantitative estimate of drug-likeness (QED) is 0.813. The molecule has 1 amide bonds. The molecule has 0 bridgehead atoms. The van der Waals surface area contributed by atoms with Gasteiger partial charge in [0.15, 0.2) is 0 Å². The summed E-state index contributed by atoms with van der Waals surface area (Å²) in [4.78, 5) is 12.4. The summed E-state index contributed by atoms with van der Waals surface area (Å²) in [6.07, 6.45) is 6.03. The lowest BCUT2D eigenvalue weighted by atomic mass is 10.0. The number of carbonyl (C=O) groups excluding carboxylic acids is 1. The topological polar surface area (TPSA) is 41.1 Å². The van der Waals surface area contributed by atoms with E-state index >= 15 is 0 Å². The van der Waals surface area contributed by atoms with E-state index in [0.29, 0.717) is 6.04 Å². The van der Waals surface area contributed by atoms with Gasteiger partial charge in [-0.2, -0.15) is 0 Å². The Morgan fingerprint density at radius 1 is 1.15 bits per heavy atom. The fourth-order valence-corrected chi connectivity index (χ4v) is 3.34. The van der Waals surface area contributed by atoms with Crippen molar-refractivity contribution in [2.75, 3.05) is 0 Å². The van der Waals surface area contributed by atoms with E-state index in [1.54, 1.807) is 0 Å². The molecule has 2 unspecified atom stereocenters. The first-order valence-corrected chi connectivity index (χ1v) is 7.86. The second-order valence-corrected chi connectivity index (χ2v) is 6.37. The molecular formula is C17H24N2O. The highest BCUT2D eigenvalue weighted by atomic mass is 16.1. The molecule has 1 fully saturated rings. The number of rotatable bonds is 2. The summed E-state index contributed by atoms with van der Waals surface area (Å²) in [5.74, 6) is 0.905. The molecular weight excluding hydrogens is 248 g/mol. The van der Waals surface area contributed by atoms with Crippen molar-refractivity contribution < 1.29 is 4.79 Å². The largest absolute Gasteiger partial charge is 0.349 e. The van der Waals surface area contributed by atoms with Gasteiger partial charge >= 0.3 is 0 Å². The van der Waals surface area contributed by atoms with Crippen LogP contribution in [0.5, 0.6) is 0 Å². The molecule has 108 valence electrons. The van der Waals surface area contributed by atoms with Crippen LogP contribution in [0.15, 0.2) is 18.2 Å². The lowest BCUT2D eigenvalue weighted by Crippen LogP contribution is -2.34. The van der Waals surface area contributed by atoms with E-state index < -0.39 is 0 Å². The molecule has 1 aliphatic heterocycles. The van der Waals surface area contributed by atoms with Gasteiger partial charge in [-0.15, -0.1) is 0 Å². The Hall–Kier alpha value is -1.35. The lowest BCUT2D eigenvalue weighted by Gasteiger charge is -2.16. The Morgan fingerprint density at radius 3 is 2.90 bits per heavy atom. The number of hydrogen-bond acceptors (Lipinski definition) is 2. The van der Waals surface area contributed by atoms with E-state index in [2.05, 4.69) is 23.6 Å². The van der Waals surface area contributed by atoms with Gasteiger partial charge in [0.1, 0.15) is 0 Å². The summed E-state index contributed by atoms with van der Waals surface area (Å²) in [6, 6.07) is 6.45. The van der Waals surface area contributed by atoms with Crippen molar-refractivity contribution >= 4 is 5.91 Å². The van der Waals surface area contributed by atoms with Crippen molar-refractivity contribution in [2.24, 2.45) is 5.92 Å². The van der Waals surface area contributed by atoms with Crippen LogP contribution in [0.1, 0.15) is 60.5 Å². The van der Waals surface area contributed by atoms with E-state index in [4.69, 9.17) is 0 Å². The SMILES string of the molecule is CC1CCCC(NC(=O)c2ccc3c(c2)CNC3)CC1. The Bertz CT molecular complexity index is 498. The number of benzene rings is 1. The molecule has 2 N–H and O–H groups in total. The number of amides is 1. The maximum Gasteiger partial charge on any atom is 0.251 e. The average molecular weight is 272 g/mol. The van der Waals surface area contributed by atoms with Gasteiger partial charge < -0.3 is 10.6 Å². The van der Waals surface area contributed by atoms with E-state index in [0.717, 1.165) is 37.4 Å². The Balaban J connectivity index is 1.64. The zero-order valence-corrected chi connectivity index (χ0v) is 12.2. The van der Waals surface area contributed by atoms with Gasteiger partial charge in [-0.3, -0.25) is 4.79 Å².